The van der Waals surface area contributed by atoms with Gasteiger partial charge in [0.15, 0.2) is 5.82 Å². The summed E-state index contributed by atoms with van der Waals surface area (Å²) in [7, 11) is 1.82. The highest BCUT2D eigenvalue weighted by Gasteiger charge is 2.44. The van der Waals surface area contributed by atoms with E-state index in [0.29, 0.717) is 30.8 Å². The number of hydrogen-bond acceptors (Lipinski definition) is 6. The Morgan fingerprint density at radius 1 is 1.43 bits per heavy atom. The molecule has 0 aromatic carbocycles. The highest BCUT2D eigenvalue weighted by Crippen LogP contribution is 2.42. The van der Waals surface area contributed by atoms with Crippen molar-refractivity contribution in [3.8, 4) is 5.75 Å². The standard InChI is InChI=1S/C15H17ClN4O3/c1-20-9-17-13(19-20)7-22-11-6-12(16)18-14-10(11)2-4-23-15(14)3-5-21-8-15/h6,9H,2-5,7-8H2,1H3. The Labute approximate surface area is 138 Å². The van der Waals surface area contributed by atoms with E-state index in [4.69, 9.17) is 25.8 Å². The first kappa shape index (κ1) is 14.9. The molecule has 2 aliphatic rings. The predicted molar refractivity (Wildman–Crippen MR) is 81.4 cm³/mol. The molecule has 1 atom stereocenters. The van der Waals surface area contributed by atoms with Crippen LogP contribution in [0.2, 0.25) is 5.15 Å². The molecule has 23 heavy (non-hydrogen) atoms. The van der Waals surface area contributed by atoms with Gasteiger partial charge in [0.25, 0.3) is 0 Å². The molecule has 0 N–H and O–H groups in total. The first-order valence-electron chi connectivity index (χ1n) is 7.55. The Morgan fingerprint density at radius 3 is 3.09 bits per heavy atom. The topological polar surface area (TPSA) is 71.3 Å². The van der Waals surface area contributed by atoms with Crippen LogP contribution in [0.15, 0.2) is 12.4 Å². The number of aromatic nitrogens is 4. The molecule has 1 unspecified atom stereocenters. The van der Waals surface area contributed by atoms with Crippen molar-refractivity contribution in [3.63, 3.8) is 0 Å². The van der Waals surface area contributed by atoms with E-state index >= 15 is 0 Å². The maximum absolute atomic E-state index is 6.21. The number of halogens is 1. The first-order chi connectivity index (χ1) is 11.2. The SMILES string of the molecule is Cn1cnc(COc2cc(Cl)nc3c2CCOC32CCOC2)n1. The molecule has 4 rings (SSSR count). The maximum Gasteiger partial charge on any atom is 0.188 e. The zero-order chi connectivity index (χ0) is 15.9. The molecule has 0 amide bonds. The quantitative estimate of drug-likeness (QED) is 0.793. The minimum atomic E-state index is -0.486. The van der Waals surface area contributed by atoms with Crippen molar-refractivity contribution in [1.29, 1.82) is 0 Å². The van der Waals surface area contributed by atoms with Gasteiger partial charge in [0.2, 0.25) is 0 Å². The van der Waals surface area contributed by atoms with Crippen molar-refractivity contribution in [1.82, 2.24) is 19.7 Å². The highest BCUT2D eigenvalue weighted by molar-refractivity contribution is 6.29. The third kappa shape index (κ3) is 2.69. The second-order valence-corrected chi connectivity index (χ2v) is 6.18. The van der Waals surface area contributed by atoms with Crippen LogP contribution in [0.5, 0.6) is 5.75 Å². The van der Waals surface area contributed by atoms with Crippen LogP contribution in [0.1, 0.15) is 23.5 Å². The average molecular weight is 337 g/mol. The van der Waals surface area contributed by atoms with Gasteiger partial charge in [-0.3, -0.25) is 4.68 Å². The van der Waals surface area contributed by atoms with Gasteiger partial charge in [-0.1, -0.05) is 11.6 Å². The lowest BCUT2D eigenvalue weighted by atomic mass is 9.90. The Bertz CT molecular complexity index is 728. The lowest BCUT2D eigenvalue weighted by Gasteiger charge is -2.34. The summed E-state index contributed by atoms with van der Waals surface area (Å²) < 4.78 is 19.1. The molecule has 0 aliphatic carbocycles. The van der Waals surface area contributed by atoms with Crippen molar-refractivity contribution in [2.45, 2.75) is 25.0 Å². The summed E-state index contributed by atoms with van der Waals surface area (Å²) in [5, 5.41) is 4.61. The molecule has 0 bridgehead atoms. The smallest absolute Gasteiger partial charge is 0.188 e. The second kappa shape index (κ2) is 5.74. The molecule has 0 radical (unpaired) electrons. The van der Waals surface area contributed by atoms with E-state index in [9.17, 15) is 0 Å². The third-order valence-corrected chi connectivity index (χ3v) is 4.40. The predicted octanol–water partition coefficient (Wildman–Crippen LogP) is 1.63. The molecule has 4 heterocycles. The number of nitrogens with zero attached hydrogens (tertiary/aromatic N) is 4. The van der Waals surface area contributed by atoms with Crippen LogP contribution < -0.4 is 4.74 Å². The Balaban J connectivity index is 1.66. The number of hydrogen-bond donors (Lipinski definition) is 0. The Morgan fingerprint density at radius 2 is 2.35 bits per heavy atom. The summed E-state index contributed by atoms with van der Waals surface area (Å²) in [6.45, 7) is 2.09. The monoisotopic (exact) mass is 336 g/mol. The van der Waals surface area contributed by atoms with Crippen LogP contribution in [-0.2, 0) is 35.2 Å². The van der Waals surface area contributed by atoms with E-state index in [0.717, 1.165) is 29.8 Å². The normalized spacial score (nSPS) is 23.2. The molecule has 2 aliphatic heterocycles. The average Bonchev–Trinajstić information content (AvgIpc) is 3.16. The van der Waals surface area contributed by atoms with Gasteiger partial charge in [0.05, 0.1) is 18.9 Å². The van der Waals surface area contributed by atoms with Crippen LogP contribution in [0.3, 0.4) is 0 Å². The molecule has 122 valence electrons. The van der Waals surface area contributed by atoms with Gasteiger partial charge in [-0.05, 0) is 0 Å². The van der Waals surface area contributed by atoms with Gasteiger partial charge in [-0.25, -0.2) is 9.97 Å². The van der Waals surface area contributed by atoms with Crippen LogP contribution in [0, 0.1) is 0 Å². The van der Waals surface area contributed by atoms with E-state index in [-0.39, 0.29) is 6.61 Å². The Hall–Kier alpha value is -1.70. The van der Waals surface area contributed by atoms with Crippen molar-refractivity contribution < 1.29 is 14.2 Å². The maximum atomic E-state index is 6.21. The summed E-state index contributed by atoms with van der Waals surface area (Å²) in [5.74, 6) is 1.35. The fraction of sp³-hybridized carbons (Fsp3) is 0.533. The zero-order valence-corrected chi connectivity index (χ0v) is 13.5. The number of aryl methyl sites for hydroxylation is 1. The van der Waals surface area contributed by atoms with Crippen molar-refractivity contribution in [3.05, 3.63) is 34.6 Å². The lowest BCUT2D eigenvalue weighted by molar-refractivity contribution is -0.0670. The van der Waals surface area contributed by atoms with E-state index in [1.807, 2.05) is 7.05 Å². The van der Waals surface area contributed by atoms with Gasteiger partial charge in [0, 0.05) is 38.1 Å². The fourth-order valence-corrected chi connectivity index (χ4v) is 3.31. The van der Waals surface area contributed by atoms with Gasteiger partial charge in [-0.15, -0.1) is 0 Å². The fourth-order valence-electron chi connectivity index (χ4n) is 3.12. The minimum Gasteiger partial charge on any atom is -0.485 e. The van der Waals surface area contributed by atoms with E-state index in [1.165, 1.54) is 0 Å². The summed E-state index contributed by atoms with van der Waals surface area (Å²) in [6.07, 6.45) is 3.17. The van der Waals surface area contributed by atoms with Gasteiger partial charge in [0.1, 0.15) is 29.4 Å². The van der Waals surface area contributed by atoms with Crippen molar-refractivity contribution in [2.75, 3.05) is 19.8 Å². The van der Waals surface area contributed by atoms with E-state index in [2.05, 4.69) is 15.1 Å². The second-order valence-electron chi connectivity index (χ2n) is 5.79. The van der Waals surface area contributed by atoms with Gasteiger partial charge in [-0.2, -0.15) is 5.10 Å². The molecular weight excluding hydrogens is 320 g/mol. The lowest BCUT2D eigenvalue weighted by Crippen LogP contribution is -2.37. The number of pyridine rings is 1. The van der Waals surface area contributed by atoms with Crippen molar-refractivity contribution in [2.24, 2.45) is 7.05 Å². The van der Waals surface area contributed by atoms with E-state index < -0.39 is 5.60 Å². The molecule has 1 saturated heterocycles. The van der Waals surface area contributed by atoms with Crippen LogP contribution >= 0.6 is 11.6 Å². The van der Waals surface area contributed by atoms with Crippen LogP contribution in [-0.4, -0.2) is 39.6 Å². The summed E-state index contributed by atoms with van der Waals surface area (Å²) >= 11 is 6.21. The molecule has 2 aromatic rings. The van der Waals surface area contributed by atoms with Gasteiger partial charge >= 0.3 is 0 Å². The van der Waals surface area contributed by atoms with Crippen LogP contribution in [0.25, 0.3) is 0 Å². The summed E-state index contributed by atoms with van der Waals surface area (Å²) in [5.41, 5.74) is 1.40. The first-order valence-corrected chi connectivity index (χ1v) is 7.93. The molecule has 1 fully saturated rings. The zero-order valence-electron chi connectivity index (χ0n) is 12.8. The third-order valence-electron chi connectivity index (χ3n) is 4.20. The summed E-state index contributed by atoms with van der Waals surface area (Å²) in [4.78, 5) is 8.68. The Kier molecular flexibility index (Phi) is 3.71. The number of fused-ring (bicyclic) bond motifs is 2. The van der Waals surface area contributed by atoms with E-state index in [1.54, 1.807) is 17.1 Å². The molecule has 2 aromatic heterocycles. The number of rotatable bonds is 3. The molecule has 0 saturated carbocycles. The molecule has 1 spiro atoms. The number of ether oxygens (including phenoxy) is 3. The minimum absolute atomic E-state index is 0.290. The van der Waals surface area contributed by atoms with Gasteiger partial charge < -0.3 is 14.2 Å². The molecule has 8 heteroatoms. The molecular formula is C15H17ClN4O3. The van der Waals surface area contributed by atoms with Crippen LogP contribution in [0.4, 0.5) is 0 Å². The largest absolute Gasteiger partial charge is 0.485 e. The summed E-state index contributed by atoms with van der Waals surface area (Å²) in [6, 6.07) is 1.75. The highest BCUT2D eigenvalue weighted by atomic mass is 35.5. The molecule has 7 nitrogen and oxygen atoms in total. The van der Waals surface area contributed by atoms with Crippen molar-refractivity contribution >= 4 is 11.6 Å².